The molecule has 1 aromatic rings. The van der Waals surface area contributed by atoms with E-state index in [4.69, 9.17) is 0 Å². The average molecular weight is 291 g/mol. The van der Waals surface area contributed by atoms with Crippen molar-refractivity contribution in [3.05, 3.63) is 24.0 Å². The molecule has 1 aromatic heterocycles. The molecule has 1 aliphatic heterocycles. The molecule has 6 heteroatoms. The summed E-state index contributed by atoms with van der Waals surface area (Å²) < 4.78 is 0. The quantitative estimate of drug-likeness (QED) is 0.896. The van der Waals surface area contributed by atoms with Crippen LogP contribution in [-0.2, 0) is 4.79 Å². The zero-order valence-electron chi connectivity index (χ0n) is 12.4. The number of pyridine rings is 1. The van der Waals surface area contributed by atoms with Gasteiger partial charge >= 0.3 is 12.0 Å². The molecule has 1 fully saturated rings. The van der Waals surface area contributed by atoms with Crippen molar-refractivity contribution in [1.82, 2.24) is 9.88 Å². The predicted molar refractivity (Wildman–Crippen MR) is 79.2 cm³/mol. The van der Waals surface area contributed by atoms with Crippen LogP contribution in [0.4, 0.5) is 10.5 Å². The van der Waals surface area contributed by atoms with Gasteiger partial charge in [0.2, 0.25) is 0 Å². The van der Waals surface area contributed by atoms with E-state index in [1.165, 1.54) is 0 Å². The van der Waals surface area contributed by atoms with Crippen LogP contribution in [0.2, 0.25) is 0 Å². The summed E-state index contributed by atoms with van der Waals surface area (Å²) in [6.45, 7) is 4.59. The Labute approximate surface area is 124 Å². The van der Waals surface area contributed by atoms with Gasteiger partial charge in [-0.15, -0.1) is 0 Å². The van der Waals surface area contributed by atoms with Gasteiger partial charge in [-0.2, -0.15) is 0 Å². The maximum Gasteiger partial charge on any atom is 0.321 e. The molecule has 1 saturated heterocycles. The molecule has 0 saturated carbocycles. The summed E-state index contributed by atoms with van der Waals surface area (Å²) >= 11 is 0. The molecule has 1 atom stereocenters. The van der Waals surface area contributed by atoms with Crippen molar-refractivity contribution in [2.24, 2.45) is 5.41 Å². The summed E-state index contributed by atoms with van der Waals surface area (Å²) in [5.74, 6) is -0.819. The van der Waals surface area contributed by atoms with Crippen LogP contribution in [0.3, 0.4) is 0 Å². The predicted octanol–water partition coefficient (Wildman–Crippen LogP) is 2.50. The Kier molecular flexibility index (Phi) is 4.45. The number of hydrogen-bond donors (Lipinski definition) is 2. The number of rotatable bonds is 3. The monoisotopic (exact) mass is 291 g/mol. The highest BCUT2D eigenvalue weighted by Crippen LogP contribution is 2.33. The summed E-state index contributed by atoms with van der Waals surface area (Å²) in [5.41, 5.74) is 0.764. The Morgan fingerprint density at radius 2 is 2.29 bits per heavy atom. The van der Waals surface area contributed by atoms with Crippen LogP contribution in [0.25, 0.3) is 0 Å². The number of likely N-dealkylation sites (tertiary alicyclic amines) is 1. The fourth-order valence-corrected chi connectivity index (χ4v) is 2.71. The Bertz CT molecular complexity index is 547. The van der Waals surface area contributed by atoms with Gasteiger partial charge in [-0.25, -0.2) is 4.79 Å². The third kappa shape index (κ3) is 3.15. The summed E-state index contributed by atoms with van der Waals surface area (Å²) in [4.78, 5) is 29.4. The van der Waals surface area contributed by atoms with Crippen LogP contribution in [0.1, 0.15) is 31.7 Å². The van der Waals surface area contributed by atoms with Gasteiger partial charge in [0.05, 0.1) is 17.3 Å². The molecule has 2 N–H and O–H groups in total. The van der Waals surface area contributed by atoms with Crippen molar-refractivity contribution < 1.29 is 14.7 Å². The maximum absolute atomic E-state index is 12.3. The van der Waals surface area contributed by atoms with Crippen molar-refractivity contribution in [2.45, 2.75) is 33.1 Å². The number of carbonyl (C=O) groups excluding carboxylic acids is 1. The molecule has 1 unspecified atom stereocenters. The zero-order chi connectivity index (χ0) is 15.5. The standard InChI is InChI=1S/C15H21N3O3/c1-3-15(13(19)20)6-4-8-18(10-15)14(21)17-12-9-16-7-5-11(12)2/h5,7,9H,3-4,6,8,10H2,1-2H3,(H,17,21)(H,19,20). The van der Waals surface area contributed by atoms with Crippen LogP contribution in [-0.4, -0.2) is 40.1 Å². The number of piperidine rings is 1. The normalized spacial score (nSPS) is 21.9. The van der Waals surface area contributed by atoms with Gasteiger partial charge < -0.3 is 15.3 Å². The highest BCUT2D eigenvalue weighted by atomic mass is 16.4. The van der Waals surface area contributed by atoms with E-state index in [9.17, 15) is 14.7 Å². The molecule has 1 aliphatic rings. The van der Waals surface area contributed by atoms with Gasteiger partial charge in [-0.1, -0.05) is 6.92 Å². The van der Waals surface area contributed by atoms with Crippen LogP contribution < -0.4 is 5.32 Å². The summed E-state index contributed by atoms with van der Waals surface area (Å²) in [5, 5.41) is 12.3. The van der Waals surface area contributed by atoms with E-state index in [-0.39, 0.29) is 12.6 Å². The zero-order valence-corrected chi connectivity index (χ0v) is 12.4. The SMILES string of the molecule is CCC1(C(=O)O)CCCN(C(=O)Nc2cnccc2C)C1. The number of carboxylic acid groups (broad SMARTS) is 1. The minimum absolute atomic E-state index is 0.254. The molecule has 21 heavy (non-hydrogen) atoms. The van der Waals surface area contributed by atoms with Gasteiger partial charge in [-0.3, -0.25) is 9.78 Å². The lowest BCUT2D eigenvalue weighted by molar-refractivity contribution is -0.152. The molecule has 0 aromatic carbocycles. The number of nitrogens with zero attached hydrogens (tertiary/aromatic N) is 2. The van der Waals surface area contributed by atoms with E-state index in [2.05, 4.69) is 10.3 Å². The second-order valence-corrected chi connectivity index (χ2v) is 5.58. The largest absolute Gasteiger partial charge is 0.481 e. The van der Waals surface area contributed by atoms with Crippen molar-refractivity contribution in [2.75, 3.05) is 18.4 Å². The summed E-state index contributed by atoms with van der Waals surface area (Å²) in [6.07, 6.45) is 5.12. The maximum atomic E-state index is 12.3. The molecule has 2 rings (SSSR count). The first-order chi connectivity index (χ1) is 9.98. The number of anilines is 1. The number of carboxylic acids is 1. The van der Waals surface area contributed by atoms with Crippen LogP contribution in [0.5, 0.6) is 0 Å². The molecule has 6 nitrogen and oxygen atoms in total. The Morgan fingerprint density at radius 1 is 1.52 bits per heavy atom. The molecular formula is C15H21N3O3. The van der Waals surface area contributed by atoms with Gasteiger partial charge in [-0.05, 0) is 37.8 Å². The molecule has 2 heterocycles. The number of aromatic nitrogens is 1. The van der Waals surface area contributed by atoms with Gasteiger partial charge in [0.25, 0.3) is 0 Å². The Hall–Kier alpha value is -2.11. The minimum Gasteiger partial charge on any atom is -0.481 e. The van der Waals surface area contributed by atoms with Gasteiger partial charge in [0.1, 0.15) is 0 Å². The Balaban J connectivity index is 2.09. The topological polar surface area (TPSA) is 82.5 Å². The second kappa shape index (κ2) is 6.11. The first kappa shape index (κ1) is 15.3. The molecule has 0 bridgehead atoms. The van der Waals surface area contributed by atoms with Crippen molar-refractivity contribution in [3.63, 3.8) is 0 Å². The first-order valence-corrected chi connectivity index (χ1v) is 7.18. The average Bonchev–Trinajstić information content (AvgIpc) is 2.49. The highest BCUT2D eigenvalue weighted by Gasteiger charge is 2.42. The van der Waals surface area contributed by atoms with Crippen molar-refractivity contribution >= 4 is 17.7 Å². The first-order valence-electron chi connectivity index (χ1n) is 7.18. The molecule has 0 radical (unpaired) electrons. The van der Waals surface area contributed by atoms with E-state index in [0.717, 1.165) is 5.56 Å². The second-order valence-electron chi connectivity index (χ2n) is 5.58. The fraction of sp³-hybridized carbons (Fsp3) is 0.533. The van der Waals surface area contributed by atoms with Crippen molar-refractivity contribution in [1.29, 1.82) is 0 Å². The molecule has 0 aliphatic carbocycles. The lowest BCUT2D eigenvalue weighted by atomic mass is 9.78. The molecule has 2 amide bonds. The third-order valence-electron chi connectivity index (χ3n) is 4.28. The van der Waals surface area contributed by atoms with Gasteiger partial charge in [0, 0.05) is 19.3 Å². The smallest absolute Gasteiger partial charge is 0.321 e. The lowest BCUT2D eigenvalue weighted by Gasteiger charge is -2.39. The van der Waals surface area contributed by atoms with E-state index >= 15 is 0 Å². The summed E-state index contributed by atoms with van der Waals surface area (Å²) in [7, 11) is 0. The van der Waals surface area contributed by atoms with E-state index in [1.807, 2.05) is 19.9 Å². The lowest BCUT2D eigenvalue weighted by Crippen LogP contribution is -2.50. The van der Waals surface area contributed by atoms with E-state index in [0.29, 0.717) is 31.5 Å². The van der Waals surface area contributed by atoms with Crippen LogP contribution in [0.15, 0.2) is 18.5 Å². The number of aliphatic carboxylic acids is 1. The minimum atomic E-state index is -0.820. The van der Waals surface area contributed by atoms with E-state index in [1.54, 1.807) is 17.3 Å². The number of nitrogens with one attached hydrogen (secondary N) is 1. The highest BCUT2D eigenvalue weighted by molar-refractivity contribution is 5.90. The van der Waals surface area contributed by atoms with Crippen molar-refractivity contribution in [3.8, 4) is 0 Å². The third-order valence-corrected chi connectivity index (χ3v) is 4.28. The number of amides is 2. The van der Waals surface area contributed by atoms with Crippen LogP contribution >= 0.6 is 0 Å². The molecular weight excluding hydrogens is 270 g/mol. The fourth-order valence-electron chi connectivity index (χ4n) is 2.71. The summed E-state index contributed by atoms with van der Waals surface area (Å²) in [6, 6.07) is 1.56. The number of urea groups is 1. The number of aryl methyl sites for hydroxylation is 1. The number of carbonyl (C=O) groups is 2. The van der Waals surface area contributed by atoms with Gasteiger partial charge in [0.15, 0.2) is 0 Å². The number of hydrogen-bond acceptors (Lipinski definition) is 3. The van der Waals surface area contributed by atoms with E-state index < -0.39 is 11.4 Å². The molecule has 114 valence electrons. The van der Waals surface area contributed by atoms with Crippen LogP contribution in [0, 0.1) is 12.3 Å². The Morgan fingerprint density at radius 3 is 2.90 bits per heavy atom. The molecule has 0 spiro atoms.